The lowest BCUT2D eigenvalue weighted by atomic mass is 9.98. The van der Waals surface area contributed by atoms with Crippen LogP contribution in [0.4, 0.5) is 0 Å². The minimum absolute atomic E-state index is 0.498. The van der Waals surface area contributed by atoms with E-state index in [4.69, 9.17) is 0 Å². The zero-order chi connectivity index (χ0) is 14.8. The van der Waals surface area contributed by atoms with E-state index in [2.05, 4.69) is 26.1 Å². The molecule has 2 saturated heterocycles. The molecule has 1 unspecified atom stereocenters. The summed E-state index contributed by atoms with van der Waals surface area (Å²) in [6.45, 7) is 10.2. The number of nitrogens with zero attached hydrogens (tertiary/aromatic N) is 2. The highest BCUT2D eigenvalue weighted by Gasteiger charge is 2.35. The number of hydrogen-bond acceptors (Lipinski definition) is 3. The zero-order valence-corrected chi connectivity index (χ0v) is 13.8. The first-order valence-electron chi connectivity index (χ1n) is 7.88. The maximum absolute atomic E-state index is 12.5. The average molecular weight is 303 g/mol. The van der Waals surface area contributed by atoms with E-state index in [9.17, 15) is 8.42 Å². The fraction of sp³-hybridized carbons (Fsp3) is 1.00. The third-order valence-corrected chi connectivity index (χ3v) is 6.43. The number of nitrogens with one attached hydrogen (secondary N) is 1. The maximum Gasteiger partial charge on any atom is 0.281 e. The molecule has 0 bridgehead atoms. The second kappa shape index (κ2) is 6.73. The molecule has 2 heterocycles. The molecule has 2 aliphatic heterocycles. The van der Waals surface area contributed by atoms with Crippen molar-refractivity contribution in [1.29, 1.82) is 0 Å². The van der Waals surface area contributed by atoms with Gasteiger partial charge in [0.05, 0.1) is 0 Å². The number of hydrogen-bond donors (Lipinski definition) is 1. The van der Waals surface area contributed by atoms with Gasteiger partial charge in [-0.15, -0.1) is 0 Å². The maximum atomic E-state index is 12.5. The van der Waals surface area contributed by atoms with E-state index in [0.717, 1.165) is 25.8 Å². The van der Waals surface area contributed by atoms with Crippen molar-refractivity contribution in [2.45, 2.75) is 46.1 Å². The van der Waals surface area contributed by atoms with Gasteiger partial charge < -0.3 is 5.32 Å². The minimum Gasteiger partial charge on any atom is -0.314 e. The van der Waals surface area contributed by atoms with Gasteiger partial charge in [-0.1, -0.05) is 20.8 Å². The average Bonchev–Trinajstić information content (AvgIpc) is 2.84. The van der Waals surface area contributed by atoms with Gasteiger partial charge in [-0.3, -0.25) is 0 Å². The van der Waals surface area contributed by atoms with Gasteiger partial charge in [-0.25, -0.2) is 0 Å². The Morgan fingerprint density at radius 1 is 1.10 bits per heavy atom. The van der Waals surface area contributed by atoms with E-state index >= 15 is 0 Å². The van der Waals surface area contributed by atoms with Crippen molar-refractivity contribution in [3.05, 3.63) is 0 Å². The van der Waals surface area contributed by atoms with Gasteiger partial charge in [-0.2, -0.15) is 17.0 Å². The third-order valence-electron chi connectivity index (χ3n) is 4.43. The summed E-state index contributed by atoms with van der Waals surface area (Å²) in [5, 5.41) is 3.45. The Balaban J connectivity index is 1.83. The Hall–Kier alpha value is -0.170. The van der Waals surface area contributed by atoms with Crippen LogP contribution in [0.1, 0.15) is 40.0 Å². The zero-order valence-electron chi connectivity index (χ0n) is 13.0. The van der Waals surface area contributed by atoms with Gasteiger partial charge in [0.2, 0.25) is 0 Å². The molecule has 0 aromatic heterocycles. The fourth-order valence-electron chi connectivity index (χ4n) is 3.01. The summed E-state index contributed by atoms with van der Waals surface area (Å²) in [7, 11) is -3.20. The Labute approximate surface area is 123 Å². The number of rotatable bonds is 5. The Bertz CT molecular complexity index is 403. The van der Waals surface area contributed by atoms with E-state index in [1.165, 1.54) is 0 Å². The SMILES string of the molecule is CC1CCN(S(=O)(=O)N2CCC(CNC(C)C)CC2)C1. The van der Waals surface area contributed by atoms with E-state index in [1.807, 2.05) is 0 Å². The smallest absolute Gasteiger partial charge is 0.281 e. The van der Waals surface area contributed by atoms with Crippen molar-refractivity contribution in [1.82, 2.24) is 13.9 Å². The number of piperidine rings is 1. The first kappa shape index (κ1) is 16.2. The van der Waals surface area contributed by atoms with Crippen molar-refractivity contribution in [3.8, 4) is 0 Å². The predicted molar refractivity (Wildman–Crippen MR) is 81.7 cm³/mol. The largest absolute Gasteiger partial charge is 0.314 e. The van der Waals surface area contributed by atoms with Gasteiger partial charge >= 0.3 is 0 Å². The molecule has 5 nitrogen and oxygen atoms in total. The molecule has 20 heavy (non-hydrogen) atoms. The lowest BCUT2D eigenvalue weighted by molar-refractivity contribution is 0.250. The minimum atomic E-state index is -3.20. The highest BCUT2D eigenvalue weighted by atomic mass is 32.2. The molecule has 0 amide bonds. The van der Waals surface area contributed by atoms with Gasteiger partial charge in [0.1, 0.15) is 0 Å². The lowest BCUT2D eigenvalue weighted by Crippen LogP contribution is -2.47. The van der Waals surface area contributed by atoms with Crippen LogP contribution in [0.5, 0.6) is 0 Å². The van der Waals surface area contributed by atoms with E-state index < -0.39 is 10.2 Å². The van der Waals surface area contributed by atoms with Crippen molar-refractivity contribution in [3.63, 3.8) is 0 Å². The topological polar surface area (TPSA) is 52.7 Å². The van der Waals surface area contributed by atoms with Crippen LogP contribution in [-0.2, 0) is 10.2 Å². The molecule has 0 aromatic rings. The normalized spacial score (nSPS) is 27.5. The van der Waals surface area contributed by atoms with Gasteiger partial charge in [0, 0.05) is 32.2 Å². The quantitative estimate of drug-likeness (QED) is 0.832. The molecule has 0 aromatic carbocycles. The van der Waals surface area contributed by atoms with Gasteiger partial charge in [0.15, 0.2) is 0 Å². The molecule has 2 fully saturated rings. The molecule has 0 spiro atoms. The summed E-state index contributed by atoms with van der Waals surface area (Å²) in [5.41, 5.74) is 0. The van der Waals surface area contributed by atoms with Crippen LogP contribution in [0.15, 0.2) is 0 Å². The molecule has 0 saturated carbocycles. The Kier molecular flexibility index (Phi) is 5.45. The molecule has 0 aliphatic carbocycles. The van der Waals surface area contributed by atoms with Crippen molar-refractivity contribution in [2.75, 3.05) is 32.7 Å². The summed E-state index contributed by atoms with van der Waals surface area (Å²) in [6.07, 6.45) is 2.94. The second-order valence-corrected chi connectivity index (χ2v) is 8.59. The molecule has 1 atom stereocenters. The standard InChI is InChI=1S/C14H29N3O2S/c1-12(2)15-10-14-5-8-16(9-6-14)20(18,19)17-7-4-13(3)11-17/h12-15H,4-11H2,1-3H3. The predicted octanol–water partition coefficient (Wildman–Crippen LogP) is 1.28. The lowest BCUT2D eigenvalue weighted by Gasteiger charge is -2.34. The summed E-state index contributed by atoms with van der Waals surface area (Å²) in [5.74, 6) is 1.11. The van der Waals surface area contributed by atoms with Crippen LogP contribution in [0.2, 0.25) is 0 Å². The van der Waals surface area contributed by atoms with Gasteiger partial charge in [0.25, 0.3) is 10.2 Å². The Morgan fingerprint density at radius 3 is 2.20 bits per heavy atom. The molecular formula is C14H29N3O2S. The van der Waals surface area contributed by atoms with Crippen molar-refractivity contribution >= 4 is 10.2 Å². The van der Waals surface area contributed by atoms with Crippen LogP contribution >= 0.6 is 0 Å². The van der Waals surface area contributed by atoms with Gasteiger partial charge in [-0.05, 0) is 37.6 Å². The molecule has 0 radical (unpaired) electrons. The summed E-state index contributed by atoms with van der Waals surface area (Å²) >= 11 is 0. The molecule has 2 rings (SSSR count). The fourth-order valence-corrected chi connectivity index (χ4v) is 4.79. The molecule has 2 aliphatic rings. The third kappa shape index (κ3) is 3.93. The highest BCUT2D eigenvalue weighted by molar-refractivity contribution is 7.86. The molecule has 1 N–H and O–H groups in total. The monoisotopic (exact) mass is 303 g/mol. The molecule has 6 heteroatoms. The first-order chi connectivity index (χ1) is 9.39. The van der Waals surface area contributed by atoms with Crippen LogP contribution in [0, 0.1) is 11.8 Å². The first-order valence-corrected chi connectivity index (χ1v) is 9.28. The summed E-state index contributed by atoms with van der Waals surface area (Å²) < 4.78 is 28.4. The van der Waals surface area contributed by atoms with Crippen LogP contribution in [-0.4, -0.2) is 55.8 Å². The summed E-state index contributed by atoms with van der Waals surface area (Å²) in [6, 6.07) is 0.503. The van der Waals surface area contributed by atoms with Crippen LogP contribution < -0.4 is 5.32 Å². The highest BCUT2D eigenvalue weighted by Crippen LogP contribution is 2.25. The van der Waals surface area contributed by atoms with Crippen LogP contribution in [0.25, 0.3) is 0 Å². The molecule has 118 valence electrons. The summed E-state index contributed by atoms with van der Waals surface area (Å²) in [4.78, 5) is 0. The van der Waals surface area contributed by atoms with Crippen molar-refractivity contribution < 1.29 is 8.42 Å². The Morgan fingerprint density at radius 2 is 1.70 bits per heavy atom. The van der Waals surface area contributed by atoms with Crippen molar-refractivity contribution in [2.24, 2.45) is 11.8 Å². The van der Waals surface area contributed by atoms with Crippen LogP contribution in [0.3, 0.4) is 0 Å². The molecular weight excluding hydrogens is 274 g/mol. The second-order valence-electron chi connectivity index (χ2n) is 6.67. The van der Waals surface area contributed by atoms with E-state index in [0.29, 0.717) is 44.1 Å². The van der Waals surface area contributed by atoms with E-state index in [-0.39, 0.29) is 0 Å². The van der Waals surface area contributed by atoms with E-state index in [1.54, 1.807) is 8.61 Å².